The first kappa shape index (κ1) is 17.3. The van der Waals surface area contributed by atoms with Crippen molar-refractivity contribution in [3.05, 3.63) is 35.9 Å². The quantitative estimate of drug-likeness (QED) is 0.599. The van der Waals surface area contributed by atoms with Gasteiger partial charge in [0.2, 0.25) is 0 Å². The molecular formula is C20H29NS2. The van der Waals surface area contributed by atoms with Gasteiger partial charge in [0.25, 0.3) is 0 Å². The van der Waals surface area contributed by atoms with E-state index < -0.39 is 0 Å². The van der Waals surface area contributed by atoms with Gasteiger partial charge in [-0.1, -0.05) is 92.8 Å². The fourth-order valence-corrected chi connectivity index (χ4v) is 5.51. The summed E-state index contributed by atoms with van der Waals surface area (Å²) in [6.07, 6.45) is 13.8. The third-order valence-electron chi connectivity index (χ3n) is 5.35. The van der Waals surface area contributed by atoms with E-state index in [2.05, 4.69) is 35.2 Å². The highest BCUT2D eigenvalue weighted by atomic mass is 32.2. The fourth-order valence-electron chi connectivity index (χ4n) is 4.11. The van der Waals surface area contributed by atoms with Gasteiger partial charge in [-0.2, -0.15) is 0 Å². The van der Waals surface area contributed by atoms with E-state index in [9.17, 15) is 0 Å². The van der Waals surface area contributed by atoms with Crippen LogP contribution in [0.2, 0.25) is 0 Å². The number of hydrogen-bond acceptors (Lipinski definition) is 2. The lowest BCUT2D eigenvalue weighted by Crippen LogP contribution is -2.47. The minimum atomic E-state index is 0.711. The normalized spacial score (nSPS) is 20.3. The Morgan fingerprint density at radius 2 is 1.39 bits per heavy atom. The lowest BCUT2D eigenvalue weighted by atomic mass is 9.89. The highest BCUT2D eigenvalue weighted by Crippen LogP contribution is 2.33. The van der Waals surface area contributed by atoms with Crippen LogP contribution in [0.25, 0.3) is 0 Å². The van der Waals surface area contributed by atoms with Crippen molar-refractivity contribution in [3.63, 3.8) is 0 Å². The molecule has 2 saturated carbocycles. The zero-order chi connectivity index (χ0) is 15.9. The number of benzene rings is 1. The van der Waals surface area contributed by atoms with E-state index in [1.165, 1.54) is 69.8 Å². The Morgan fingerprint density at radius 3 is 1.91 bits per heavy atom. The monoisotopic (exact) mass is 347 g/mol. The van der Waals surface area contributed by atoms with Crippen LogP contribution in [0.3, 0.4) is 0 Å². The van der Waals surface area contributed by atoms with Gasteiger partial charge >= 0.3 is 0 Å². The standard InChI is InChI=1S/C20H29NS2/c22-20(23-16-17-10-4-1-5-11-17)21(18-12-6-2-7-13-18)19-14-8-3-9-15-19/h1,4-5,10-11,18-19H,2-3,6-9,12-16H2. The lowest BCUT2D eigenvalue weighted by molar-refractivity contribution is 0.164. The molecule has 0 N–H and O–H groups in total. The number of nitrogens with zero attached hydrogens (tertiary/aromatic N) is 1. The van der Waals surface area contributed by atoms with Crippen LogP contribution in [-0.2, 0) is 5.75 Å². The molecule has 1 aromatic rings. The van der Waals surface area contributed by atoms with Crippen LogP contribution in [0.15, 0.2) is 30.3 Å². The van der Waals surface area contributed by atoms with Crippen molar-refractivity contribution in [2.24, 2.45) is 0 Å². The second-order valence-corrected chi connectivity index (χ2v) is 8.64. The second-order valence-electron chi connectivity index (χ2n) is 7.03. The molecule has 0 unspecified atom stereocenters. The average Bonchev–Trinajstić information content (AvgIpc) is 2.63. The molecule has 0 spiro atoms. The third-order valence-corrected chi connectivity index (χ3v) is 6.85. The van der Waals surface area contributed by atoms with Crippen LogP contribution >= 0.6 is 24.0 Å². The van der Waals surface area contributed by atoms with Gasteiger partial charge in [0.05, 0.1) is 0 Å². The van der Waals surface area contributed by atoms with Crippen molar-refractivity contribution in [1.29, 1.82) is 0 Å². The summed E-state index contributed by atoms with van der Waals surface area (Å²) in [4.78, 5) is 2.68. The molecule has 0 aromatic heterocycles. The molecule has 0 bridgehead atoms. The van der Waals surface area contributed by atoms with Gasteiger partial charge in [0.1, 0.15) is 4.32 Å². The van der Waals surface area contributed by atoms with Crippen molar-refractivity contribution in [3.8, 4) is 0 Å². The summed E-state index contributed by atoms with van der Waals surface area (Å²) in [5.41, 5.74) is 1.38. The van der Waals surface area contributed by atoms with E-state index in [-0.39, 0.29) is 0 Å². The maximum atomic E-state index is 5.93. The molecule has 2 fully saturated rings. The lowest BCUT2D eigenvalue weighted by Gasteiger charge is -2.43. The van der Waals surface area contributed by atoms with Crippen molar-refractivity contribution in [2.75, 3.05) is 0 Å². The Morgan fingerprint density at radius 1 is 0.870 bits per heavy atom. The number of thioether (sulfide) groups is 1. The van der Waals surface area contributed by atoms with Gasteiger partial charge < -0.3 is 4.90 Å². The van der Waals surface area contributed by atoms with Crippen molar-refractivity contribution in [2.45, 2.75) is 82.0 Å². The van der Waals surface area contributed by atoms with Gasteiger partial charge in [-0.25, -0.2) is 0 Å². The zero-order valence-electron chi connectivity index (χ0n) is 14.1. The molecule has 0 aliphatic heterocycles. The molecule has 2 aliphatic carbocycles. The number of hydrogen-bond donors (Lipinski definition) is 0. The minimum absolute atomic E-state index is 0.711. The zero-order valence-corrected chi connectivity index (χ0v) is 15.7. The predicted octanol–water partition coefficient (Wildman–Crippen LogP) is 6.17. The number of thiocarbonyl (C=S) groups is 1. The summed E-state index contributed by atoms with van der Waals surface area (Å²) >= 11 is 7.81. The van der Waals surface area contributed by atoms with Gasteiger partial charge in [0, 0.05) is 17.8 Å². The maximum Gasteiger partial charge on any atom is 0.137 e. The molecule has 0 atom stereocenters. The van der Waals surface area contributed by atoms with E-state index in [0.29, 0.717) is 12.1 Å². The van der Waals surface area contributed by atoms with Crippen LogP contribution in [0.1, 0.15) is 69.8 Å². The largest absolute Gasteiger partial charge is 0.352 e. The van der Waals surface area contributed by atoms with Crippen molar-refractivity contribution >= 4 is 28.3 Å². The Labute approximate surface area is 151 Å². The summed E-state index contributed by atoms with van der Waals surface area (Å²) in [6, 6.07) is 12.2. The molecule has 0 heterocycles. The molecule has 3 rings (SSSR count). The molecule has 3 heteroatoms. The highest BCUT2D eigenvalue weighted by Gasteiger charge is 2.30. The van der Waals surface area contributed by atoms with Crippen LogP contribution in [0, 0.1) is 0 Å². The Bertz CT molecular complexity index is 458. The summed E-state index contributed by atoms with van der Waals surface area (Å²) in [5.74, 6) is 1.01. The van der Waals surface area contributed by atoms with Crippen LogP contribution < -0.4 is 0 Å². The third kappa shape index (κ3) is 4.96. The van der Waals surface area contributed by atoms with Crippen molar-refractivity contribution in [1.82, 2.24) is 4.90 Å². The Kier molecular flexibility index (Phi) is 6.82. The molecule has 23 heavy (non-hydrogen) atoms. The summed E-state index contributed by atoms with van der Waals surface area (Å²) in [7, 11) is 0. The van der Waals surface area contributed by atoms with Gasteiger partial charge in [0.15, 0.2) is 0 Å². The van der Waals surface area contributed by atoms with Crippen LogP contribution in [0.4, 0.5) is 0 Å². The van der Waals surface area contributed by atoms with Gasteiger partial charge in [-0.3, -0.25) is 0 Å². The Balaban J connectivity index is 1.64. The molecule has 1 nitrogen and oxygen atoms in total. The Hall–Kier alpha value is -0.540. The minimum Gasteiger partial charge on any atom is -0.352 e. The summed E-state index contributed by atoms with van der Waals surface area (Å²) in [6.45, 7) is 0. The van der Waals surface area contributed by atoms with Gasteiger partial charge in [-0.05, 0) is 31.2 Å². The van der Waals surface area contributed by atoms with Crippen LogP contribution in [0.5, 0.6) is 0 Å². The van der Waals surface area contributed by atoms with E-state index in [0.717, 1.165) is 10.1 Å². The average molecular weight is 348 g/mol. The molecule has 0 radical (unpaired) electrons. The van der Waals surface area contributed by atoms with Gasteiger partial charge in [-0.15, -0.1) is 0 Å². The van der Waals surface area contributed by atoms with E-state index in [1.54, 1.807) is 0 Å². The van der Waals surface area contributed by atoms with E-state index in [4.69, 9.17) is 12.2 Å². The van der Waals surface area contributed by atoms with Crippen molar-refractivity contribution < 1.29 is 0 Å². The van der Waals surface area contributed by atoms with E-state index >= 15 is 0 Å². The molecular weight excluding hydrogens is 318 g/mol. The first-order valence-electron chi connectivity index (χ1n) is 9.33. The first-order valence-corrected chi connectivity index (χ1v) is 10.7. The second kappa shape index (κ2) is 9.08. The first-order chi connectivity index (χ1) is 11.3. The molecule has 126 valence electrons. The maximum absolute atomic E-state index is 5.93. The smallest absolute Gasteiger partial charge is 0.137 e. The number of rotatable bonds is 4. The molecule has 2 aliphatic rings. The summed E-state index contributed by atoms with van der Waals surface area (Å²) in [5, 5.41) is 0. The summed E-state index contributed by atoms with van der Waals surface area (Å²) < 4.78 is 1.16. The van der Waals surface area contributed by atoms with Crippen LogP contribution in [-0.4, -0.2) is 21.3 Å². The molecule has 0 amide bonds. The molecule has 0 saturated heterocycles. The SMILES string of the molecule is S=C(SCc1ccccc1)N(C1CCCCC1)C1CCCCC1. The molecule has 1 aromatic carbocycles. The fraction of sp³-hybridized carbons (Fsp3) is 0.650. The predicted molar refractivity (Wildman–Crippen MR) is 106 cm³/mol. The van der Waals surface area contributed by atoms with E-state index in [1.807, 2.05) is 11.8 Å². The topological polar surface area (TPSA) is 3.24 Å². The highest BCUT2D eigenvalue weighted by molar-refractivity contribution is 8.22.